The van der Waals surface area contributed by atoms with Crippen LogP contribution in [0.2, 0.25) is 0 Å². The van der Waals surface area contributed by atoms with Crippen LogP contribution in [0.4, 0.5) is 0 Å². The van der Waals surface area contributed by atoms with Gasteiger partial charge in [0.15, 0.2) is 0 Å². The molecule has 7 aliphatic carbocycles. The quantitative estimate of drug-likeness (QED) is 0.305. The van der Waals surface area contributed by atoms with Gasteiger partial charge in [-0.1, -0.05) is 153 Å². The molecule has 232 valence electrons. The zero-order valence-electron chi connectivity index (χ0n) is 27.6. The summed E-state index contributed by atoms with van der Waals surface area (Å²) in [5.74, 6) is 4.16. The van der Waals surface area contributed by atoms with Crippen LogP contribution in [-0.2, 0) is 0 Å². The van der Waals surface area contributed by atoms with Crippen LogP contribution in [0.3, 0.4) is 0 Å². The molecule has 8 rings (SSSR count). The zero-order valence-corrected chi connectivity index (χ0v) is 27.6. The molecule has 1 aromatic carbocycles. The Morgan fingerprint density at radius 1 is 0.674 bits per heavy atom. The van der Waals surface area contributed by atoms with E-state index in [1.54, 1.807) is 27.9 Å². The van der Waals surface area contributed by atoms with Crippen molar-refractivity contribution in [1.29, 1.82) is 0 Å². The highest BCUT2D eigenvalue weighted by Gasteiger charge is 2.47. The van der Waals surface area contributed by atoms with Crippen molar-refractivity contribution in [2.45, 2.75) is 58.3 Å². The Bertz CT molecular complexity index is 1690. The summed E-state index contributed by atoms with van der Waals surface area (Å²) in [6.45, 7) is 4.73. The number of rotatable bonds is 6. The van der Waals surface area contributed by atoms with E-state index >= 15 is 0 Å². The Hall–Kier alpha value is -3.90. The van der Waals surface area contributed by atoms with Crippen molar-refractivity contribution in [2.75, 3.05) is 0 Å². The third kappa shape index (κ3) is 5.45. The van der Waals surface area contributed by atoms with Crippen LogP contribution in [0, 0.1) is 41.4 Å². The van der Waals surface area contributed by atoms with Crippen molar-refractivity contribution >= 4 is 0 Å². The molecule has 0 spiro atoms. The normalized spacial score (nSPS) is 32.9. The average Bonchev–Trinajstić information content (AvgIpc) is 3.46. The highest BCUT2D eigenvalue weighted by atomic mass is 14.5. The Kier molecular flexibility index (Phi) is 8.15. The lowest BCUT2D eigenvalue weighted by atomic mass is 9.66. The fraction of sp³-hybridized carbons (Fsp3) is 0.348. The van der Waals surface area contributed by atoms with Crippen molar-refractivity contribution in [3.05, 3.63) is 178 Å². The van der Waals surface area contributed by atoms with E-state index in [4.69, 9.17) is 0 Å². The van der Waals surface area contributed by atoms with Crippen LogP contribution in [0.1, 0.15) is 63.9 Å². The molecule has 6 unspecified atom stereocenters. The van der Waals surface area contributed by atoms with E-state index < -0.39 is 0 Å². The molecular formula is C46H48. The predicted molar refractivity (Wildman–Crippen MR) is 195 cm³/mol. The fourth-order valence-corrected chi connectivity index (χ4v) is 9.74. The lowest BCUT2D eigenvalue weighted by Gasteiger charge is -2.38. The maximum absolute atomic E-state index is 2.76. The van der Waals surface area contributed by atoms with E-state index in [1.165, 1.54) is 29.6 Å². The number of allylic oxidation sites excluding steroid dienone is 24. The molecule has 0 amide bonds. The van der Waals surface area contributed by atoms with Gasteiger partial charge in [-0.15, -0.1) is 0 Å². The molecule has 0 aliphatic heterocycles. The first-order valence-corrected chi connectivity index (χ1v) is 18.0. The summed E-state index contributed by atoms with van der Waals surface area (Å²) in [5.41, 5.74) is 12.4. The van der Waals surface area contributed by atoms with E-state index in [0.717, 1.165) is 25.7 Å². The van der Waals surface area contributed by atoms with Gasteiger partial charge < -0.3 is 0 Å². The molecule has 0 nitrogen and oxygen atoms in total. The number of fused-ring (bicyclic) bond motifs is 3. The molecule has 0 saturated heterocycles. The van der Waals surface area contributed by atoms with Crippen molar-refractivity contribution in [3.63, 3.8) is 0 Å². The third-order valence-corrected chi connectivity index (χ3v) is 11.9. The topological polar surface area (TPSA) is 0 Å². The Balaban J connectivity index is 1.21. The minimum Gasteiger partial charge on any atom is -0.0839 e. The van der Waals surface area contributed by atoms with Crippen LogP contribution >= 0.6 is 0 Å². The second-order valence-corrected chi connectivity index (χ2v) is 14.8. The molecule has 46 heavy (non-hydrogen) atoms. The highest BCUT2D eigenvalue weighted by Crippen LogP contribution is 2.57. The Morgan fingerprint density at radius 3 is 2.07 bits per heavy atom. The smallest absolute Gasteiger partial charge is 0.0122 e. The molecule has 6 atom stereocenters. The molecule has 0 heterocycles. The minimum atomic E-state index is 0.372. The second kappa shape index (κ2) is 12.7. The van der Waals surface area contributed by atoms with Gasteiger partial charge in [0, 0.05) is 17.8 Å². The van der Waals surface area contributed by atoms with Gasteiger partial charge in [-0.2, -0.15) is 0 Å². The first-order valence-electron chi connectivity index (χ1n) is 18.0. The average molecular weight is 601 g/mol. The molecule has 1 fully saturated rings. The van der Waals surface area contributed by atoms with Crippen LogP contribution in [-0.4, -0.2) is 0 Å². The summed E-state index contributed by atoms with van der Waals surface area (Å²) in [6.07, 6.45) is 48.4. The first kappa shape index (κ1) is 29.5. The van der Waals surface area contributed by atoms with Crippen LogP contribution in [0.5, 0.6) is 0 Å². The standard InChI is InChI=1S/C46H48/c1-31(2)38-26-25-34(30-45(38)33-17-7-4-8-18-33)35-27-36(40-20-10-9-19-39(40)32-15-5-3-6-16-32)29-37(28-35)46-43-23-13-11-21-41(43)42-22-12-14-24-44(42)46/h4-5,7-22,25-27,29,31,37,39-40,43-46H,3,6,23-24,28,30H2,1-2H3. The summed E-state index contributed by atoms with van der Waals surface area (Å²) in [4.78, 5) is 0. The van der Waals surface area contributed by atoms with E-state index in [-0.39, 0.29) is 0 Å². The molecule has 7 aliphatic rings. The highest BCUT2D eigenvalue weighted by molar-refractivity contribution is 5.53. The lowest BCUT2D eigenvalue weighted by molar-refractivity contribution is 0.254. The third-order valence-electron chi connectivity index (χ3n) is 11.9. The molecule has 1 aromatic rings. The van der Waals surface area contributed by atoms with Gasteiger partial charge in [-0.05, 0) is 107 Å². The van der Waals surface area contributed by atoms with E-state index in [0.29, 0.717) is 47.3 Å². The summed E-state index contributed by atoms with van der Waals surface area (Å²) < 4.78 is 0. The van der Waals surface area contributed by atoms with Crippen LogP contribution in [0.25, 0.3) is 0 Å². The molecule has 0 N–H and O–H groups in total. The molecular weight excluding hydrogens is 553 g/mol. The fourth-order valence-electron chi connectivity index (χ4n) is 9.74. The van der Waals surface area contributed by atoms with Gasteiger partial charge in [-0.25, -0.2) is 0 Å². The van der Waals surface area contributed by atoms with Gasteiger partial charge in [0.05, 0.1) is 0 Å². The molecule has 1 saturated carbocycles. The maximum Gasteiger partial charge on any atom is 0.0122 e. The monoisotopic (exact) mass is 600 g/mol. The minimum absolute atomic E-state index is 0.372. The van der Waals surface area contributed by atoms with Gasteiger partial charge in [0.2, 0.25) is 0 Å². The maximum atomic E-state index is 2.76. The molecule has 0 heteroatoms. The van der Waals surface area contributed by atoms with E-state index in [9.17, 15) is 0 Å². The van der Waals surface area contributed by atoms with Crippen molar-refractivity contribution < 1.29 is 0 Å². The van der Waals surface area contributed by atoms with Gasteiger partial charge >= 0.3 is 0 Å². The Labute approximate surface area is 277 Å². The van der Waals surface area contributed by atoms with E-state index in [2.05, 4.69) is 147 Å². The first-order chi connectivity index (χ1) is 22.7. The largest absolute Gasteiger partial charge is 0.0839 e. The van der Waals surface area contributed by atoms with E-state index in [1.807, 2.05) is 0 Å². The van der Waals surface area contributed by atoms with Gasteiger partial charge in [0.25, 0.3) is 0 Å². The van der Waals surface area contributed by atoms with Crippen molar-refractivity contribution in [3.8, 4) is 0 Å². The predicted octanol–water partition coefficient (Wildman–Crippen LogP) is 11.8. The Morgan fingerprint density at radius 2 is 1.39 bits per heavy atom. The second-order valence-electron chi connectivity index (χ2n) is 14.8. The summed E-state index contributed by atoms with van der Waals surface area (Å²) >= 11 is 0. The molecule has 0 bridgehead atoms. The number of hydrogen-bond acceptors (Lipinski definition) is 0. The lowest BCUT2D eigenvalue weighted by Crippen LogP contribution is -2.28. The summed E-state index contributed by atoms with van der Waals surface area (Å²) in [6, 6.07) is 11.3. The summed E-state index contributed by atoms with van der Waals surface area (Å²) in [5, 5.41) is 0. The zero-order chi connectivity index (χ0) is 31.0. The SMILES string of the molecule is CC(C)C1=CC=C(C2=CC(C3C=CC=CC3C3=CCCC=C3)=CC(C3C4CC=CC=C4C4=CC=CCC43)C2)CC1c1ccccc1. The van der Waals surface area contributed by atoms with Gasteiger partial charge in [0.1, 0.15) is 0 Å². The van der Waals surface area contributed by atoms with Crippen molar-refractivity contribution in [2.24, 2.45) is 41.4 Å². The van der Waals surface area contributed by atoms with Crippen molar-refractivity contribution in [1.82, 2.24) is 0 Å². The summed E-state index contributed by atoms with van der Waals surface area (Å²) in [7, 11) is 0. The molecule has 0 aromatic heterocycles. The molecule has 0 radical (unpaired) electrons. The van der Waals surface area contributed by atoms with Crippen LogP contribution in [0.15, 0.2) is 173 Å². The number of hydrogen-bond donors (Lipinski definition) is 0. The van der Waals surface area contributed by atoms with Gasteiger partial charge in [-0.3, -0.25) is 0 Å². The number of benzene rings is 1. The van der Waals surface area contributed by atoms with Crippen LogP contribution < -0.4 is 0 Å².